The first-order chi connectivity index (χ1) is 7.19. The highest BCUT2D eigenvalue weighted by Crippen LogP contribution is 2.47. The lowest BCUT2D eigenvalue weighted by Crippen LogP contribution is -2.17. The minimum Gasteiger partial charge on any atom is -0.495 e. The molecule has 3 heteroatoms. The average Bonchev–Trinajstić information content (AvgIpc) is 2.99. The molecule has 82 valence electrons. The molecule has 0 unspecified atom stereocenters. The number of nitrogens with two attached hydrogens (primary N) is 1. The van der Waals surface area contributed by atoms with E-state index in [0.717, 1.165) is 18.7 Å². The summed E-state index contributed by atoms with van der Waals surface area (Å²) in [6.45, 7) is 0.774. The van der Waals surface area contributed by atoms with Crippen LogP contribution in [0, 0.1) is 5.41 Å². The van der Waals surface area contributed by atoms with E-state index in [9.17, 15) is 0 Å². The van der Waals surface area contributed by atoms with Gasteiger partial charge in [-0.15, -0.1) is 0 Å². The maximum atomic E-state index is 6.07. The molecule has 0 amide bonds. The molecule has 0 spiro atoms. The fourth-order valence-corrected chi connectivity index (χ4v) is 2.16. The normalized spacial score (nSPS) is 17.5. The van der Waals surface area contributed by atoms with Gasteiger partial charge in [-0.2, -0.15) is 0 Å². The summed E-state index contributed by atoms with van der Waals surface area (Å²) in [5, 5.41) is 0.683. The van der Waals surface area contributed by atoms with Crippen molar-refractivity contribution in [2.24, 2.45) is 11.1 Å². The second-order valence-electron chi connectivity index (χ2n) is 4.35. The van der Waals surface area contributed by atoms with Gasteiger partial charge >= 0.3 is 0 Å². The van der Waals surface area contributed by atoms with Crippen LogP contribution in [-0.2, 0) is 6.42 Å². The Bertz CT molecular complexity index is 361. The molecule has 1 aromatic carbocycles. The standard InChI is InChI=1S/C12H16ClNO/c1-15-11-3-2-9(6-10(11)13)7-12(8-14)4-5-12/h2-3,6H,4-5,7-8,14H2,1H3. The lowest BCUT2D eigenvalue weighted by atomic mass is 9.97. The molecular formula is C12H16ClNO. The number of hydrogen-bond acceptors (Lipinski definition) is 2. The lowest BCUT2D eigenvalue weighted by molar-refractivity contribution is 0.414. The van der Waals surface area contributed by atoms with Gasteiger partial charge in [-0.3, -0.25) is 0 Å². The largest absolute Gasteiger partial charge is 0.495 e. The number of hydrogen-bond donors (Lipinski definition) is 1. The number of halogens is 1. The molecule has 15 heavy (non-hydrogen) atoms. The fourth-order valence-electron chi connectivity index (χ4n) is 1.88. The van der Waals surface area contributed by atoms with Crippen molar-refractivity contribution in [3.8, 4) is 5.75 Å². The Morgan fingerprint density at radius 2 is 2.20 bits per heavy atom. The first-order valence-electron chi connectivity index (χ1n) is 5.22. The van der Waals surface area contributed by atoms with Crippen LogP contribution in [0.3, 0.4) is 0 Å². The predicted octanol–water partition coefficient (Wildman–Crippen LogP) is 2.63. The Morgan fingerprint density at radius 3 is 2.67 bits per heavy atom. The highest BCUT2D eigenvalue weighted by Gasteiger charge is 2.40. The van der Waals surface area contributed by atoms with Crippen molar-refractivity contribution in [1.29, 1.82) is 0 Å². The Kier molecular flexibility index (Phi) is 2.89. The molecule has 1 aliphatic rings. The molecule has 1 fully saturated rings. The van der Waals surface area contributed by atoms with Gasteiger partial charge in [-0.25, -0.2) is 0 Å². The maximum Gasteiger partial charge on any atom is 0.137 e. The smallest absolute Gasteiger partial charge is 0.137 e. The van der Waals surface area contributed by atoms with Crippen molar-refractivity contribution in [3.63, 3.8) is 0 Å². The van der Waals surface area contributed by atoms with Crippen LogP contribution in [0.5, 0.6) is 5.75 Å². The van der Waals surface area contributed by atoms with Gasteiger partial charge in [0.2, 0.25) is 0 Å². The number of ether oxygens (including phenoxy) is 1. The van der Waals surface area contributed by atoms with Crippen LogP contribution >= 0.6 is 11.6 Å². The van der Waals surface area contributed by atoms with Gasteiger partial charge in [0, 0.05) is 0 Å². The van der Waals surface area contributed by atoms with Gasteiger partial charge < -0.3 is 10.5 Å². The molecule has 2 rings (SSSR count). The lowest BCUT2D eigenvalue weighted by Gasteiger charge is -2.13. The zero-order chi connectivity index (χ0) is 10.9. The minimum absolute atomic E-state index is 0.359. The summed E-state index contributed by atoms with van der Waals surface area (Å²) in [6.07, 6.45) is 3.52. The first kappa shape index (κ1) is 10.8. The number of benzene rings is 1. The van der Waals surface area contributed by atoms with E-state index in [1.807, 2.05) is 12.1 Å². The van der Waals surface area contributed by atoms with Crippen molar-refractivity contribution in [1.82, 2.24) is 0 Å². The Hall–Kier alpha value is -0.730. The van der Waals surface area contributed by atoms with Crippen LogP contribution in [0.4, 0.5) is 0 Å². The molecule has 0 atom stereocenters. The van der Waals surface area contributed by atoms with Crippen LogP contribution in [0.25, 0.3) is 0 Å². The molecule has 2 nitrogen and oxygen atoms in total. The summed E-state index contributed by atoms with van der Waals surface area (Å²) in [5.41, 5.74) is 7.37. The van der Waals surface area contributed by atoms with E-state index >= 15 is 0 Å². The molecule has 0 aromatic heterocycles. The van der Waals surface area contributed by atoms with Crippen LogP contribution in [-0.4, -0.2) is 13.7 Å². The Morgan fingerprint density at radius 1 is 1.47 bits per heavy atom. The monoisotopic (exact) mass is 225 g/mol. The summed E-state index contributed by atoms with van der Waals surface area (Å²) in [4.78, 5) is 0. The summed E-state index contributed by atoms with van der Waals surface area (Å²) in [6, 6.07) is 5.97. The van der Waals surface area contributed by atoms with Gasteiger partial charge in [0.1, 0.15) is 5.75 Å². The van der Waals surface area contributed by atoms with E-state index in [2.05, 4.69) is 6.07 Å². The molecule has 0 radical (unpaired) electrons. The predicted molar refractivity (Wildman–Crippen MR) is 62.4 cm³/mol. The van der Waals surface area contributed by atoms with Gasteiger partial charge in [0.15, 0.2) is 0 Å². The first-order valence-corrected chi connectivity index (χ1v) is 5.59. The molecule has 1 aromatic rings. The zero-order valence-corrected chi connectivity index (χ0v) is 9.68. The van der Waals surface area contributed by atoms with E-state index in [0.29, 0.717) is 10.4 Å². The summed E-state index contributed by atoms with van der Waals surface area (Å²) in [7, 11) is 1.63. The maximum absolute atomic E-state index is 6.07. The van der Waals surface area contributed by atoms with Gasteiger partial charge in [0.05, 0.1) is 12.1 Å². The van der Waals surface area contributed by atoms with E-state index in [4.69, 9.17) is 22.1 Å². The second kappa shape index (κ2) is 4.03. The Labute approximate surface area is 95.4 Å². The molecule has 0 saturated heterocycles. The average molecular weight is 226 g/mol. The van der Waals surface area contributed by atoms with Crippen LogP contribution in [0.1, 0.15) is 18.4 Å². The van der Waals surface area contributed by atoms with Gasteiger partial charge in [0.25, 0.3) is 0 Å². The van der Waals surface area contributed by atoms with Crippen molar-refractivity contribution >= 4 is 11.6 Å². The van der Waals surface area contributed by atoms with Crippen molar-refractivity contribution in [2.45, 2.75) is 19.3 Å². The van der Waals surface area contributed by atoms with E-state index < -0.39 is 0 Å². The second-order valence-corrected chi connectivity index (χ2v) is 4.76. The molecule has 2 N–H and O–H groups in total. The third-order valence-corrected chi connectivity index (χ3v) is 3.48. The molecule has 1 aliphatic carbocycles. The molecular weight excluding hydrogens is 210 g/mol. The van der Waals surface area contributed by atoms with E-state index in [1.54, 1.807) is 7.11 Å². The van der Waals surface area contributed by atoms with Crippen molar-refractivity contribution in [3.05, 3.63) is 28.8 Å². The summed E-state index contributed by atoms with van der Waals surface area (Å²) >= 11 is 6.07. The summed E-state index contributed by atoms with van der Waals surface area (Å²) < 4.78 is 5.12. The molecule has 0 aliphatic heterocycles. The third-order valence-electron chi connectivity index (χ3n) is 3.19. The fraction of sp³-hybridized carbons (Fsp3) is 0.500. The minimum atomic E-state index is 0.359. The van der Waals surface area contributed by atoms with Crippen LogP contribution < -0.4 is 10.5 Å². The highest BCUT2D eigenvalue weighted by atomic mass is 35.5. The van der Waals surface area contributed by atoms with Crippen LogP contribution in [0.15, 0.2) is 18.2 Å². The third kappa shape index (κ3) is 2.27. The molecule has 0 bridgehead atoms. The van der Waals surface area contributed by atoms with Gasteiger partial charge in [-0.05, 0) is 48.9 Å². The summed E-state index contributed by atoms with van der Waals surface area (Å²) in [5.74, 6) is 0.734. The van der Waals surface area contributed by atoms with E-state index in [1.165, 1.54) is 18.4 Å². The van der Waals surface area contributed by atoms with E-state index in [-0.39, 0.29) is 0 Å². The van der Waals surface area contributed by atoms with Crippen LogP contribution in [0.2, 0.25) is 5.02 Å². The molecule has 1 saturated carbocycles. The highest BCUT2D eigenvalue weighted by molar-refractivity contribution is 6.32. The number of methoxy groups -OCH3 is 1. The number of rotatable bonds is 4. The zero-order valence-electron chi connectivity index (χ0n) is 8.92. The van der Waals surface area contributed by atoms with Crippen molar-refractivity contribution < 1.29 is 4.74 Å². The quantitative estimate of drug-likeness (QED) is 0.855. The Balaban J connectivity index is 2.13. The molecule has 0 heterocycles. The van der Waals surface area contributed by atoms with Crippen molar-refractivity contribution in [2.75, 3.05) is 13.7 Å². The topological polar surface area (TPSA) is 35.2 Å². The SMILES string of the molecule is COc1ccc(CC2(CN)CC2)cc1Cl. The van der Waals surface area contributed by atoms with Gasteiger partial charge in [-0.1, -0.05) is 17.7 Å².